The Morgan fingerprint density at radius 3 is 2.63 bits per heavy atom. The number of carbonyl (C=O) groups is 1. The van der Waals surface area contributed by atoms with Crippen LogP contribution in [0.1, 0.15) is 28.8 Å². The number of piperidine rings is 1. The monoisotopic (exact) mass is 271 g/mol. The minimum Gasteiger partial charge on any atom is -0.338 e. The first-order valence-electron chi connectivity index (χ1n) is 6.31. The number of nitrogens with zero attached hydrogens (tertiary/aromatic N) is 1. The lowest BCUT2D eigenvalue weighted by Gasteiger charge is -2.34. The number of benzene rings is 1. The van der Waals surface area contributed by atoms with Crippen LogP contribution in [-0.4, -0.2) is 30.1 Å². The van der Waals surface area contributed by atoms with Crippen LogP contribution in [0.3, 0.4) is 0 Å². The maximum absolute atomic E-state index is 12.7. The number of aryl methyl sites for hydroxylation is 1. The Morgan fingerprint density at radius 2 is 2.00 bits per heavy atom. The summed E-state index contributed by atoms with van der Waals surface area (Å²) in [5.74, 6) is -1.69. The van der Waals surface area contributed by atoms with Crippen molar-refractivity contribution in [3.63, 3.8) is 0 Å². The number of hydrogen-bond donors (Lipinski definition) is 0. The van der Waals surface area contributed by atoms with E-state index in [2.05, 4.69) is 0 Å². The van der Waals surface area contributed by atoms with Crippen molar-refractivity contribution in [1.29, 1.82) is 0 Å². The lowest BCUT2D eigenvalue weighted by molar-refractivity contribution is -0.184. The van der Waals surface area contributed by atoms with E-state index >= 15 is 0 Å². The normalized spacial score (nSPS) is 20.4. The Bertz CT molecular complexity index is 470. The largest absolute Gasteiger partial charge is 0.393 e. The molecule has 1 aromatic rings. The van der Waals surface area contributed by atoms with Crippen LogP contribution in [0.25, 0.3) is 0 Å². The molecule has 2 rings (SSSR count). The number of alkyl halides is 3. The van der Waals surface area contributed by atoms with E-state index in [0.29, 0.717) is 18.5 Å². The molecule has 104 valence electrons. The Labute approximate surface area is 110 Å². The molecule has 1 heterocycles. The highest BCUT2D eigenvalue weighted by atomic mass is 19.4. The maximum Gasteiger partial charge on any atom is 0.393 e. The van der Waals surface area contributed by atoms with Gasteiger partial charge in [0.1, 0.15) is 0 Å². The predicted octanol–water partition coefficient (Wildman–Crippen LogP) is 3.41. The first kappa shape index (κ1) is 13.9. The lowest BCUT2D eigenvalue weighted by Crippen LogP contribution is -2.44. The van der Waals surface area contributed by atoms with Crippen molar-refractivity contribution in [3.05, 3.63) is 35.4 Å². The van der Waals surface area contributed by atoms with Crippen LogP contribution in [0.15, 0.2) is 24.3 Å². The average Bonchev–Trinajstić information content (AvgIpc) is 2.38. The van der Waals surface area contributed by atoms with Crippen LogP contribution < -0.4 is 0 Å². The highest BCUT2D eigenvalue weighted by Crippen LogP contribution is 2.33. The van der Waals surface area contributed by atoms with Gasteiger partial charge >= 0.3 is 6.18 Å². The van der Waals surface area contributed by atoms with E-state index in [1.54, 1.807) is 31.2 Å². The molecule has 0 aromatic heterocycles. The third kappa shape index (κ3) is 3.08. The summed E-state index contributed by atoms with van der Waals surface area (Å²) in [6, 6.07) is 6.99. The van der Waals surface area contributed by atoms with E-state index in [4.69, 9.17) is 0 Å². The summed E-state index contributed by atoms with van der Waals surface area (Å²) in [6.07, 6.45) is -3.70. The van der Waals surface area contributed by atoms with Crippen molar-refractivity contribution in [3.8, 4) is 0 Å². The zero-order chi connectivity index (χ0) is 14.0. The number of carbonyl (C=O) groups excluding carboxylic acids is 1. The Morgan fingerprint density at radius 1 is 1.32 bits per heavy atom. The molecule has 2 nitrogen and oxygen atoms in total. The predicted molar refractivity (Wildman–Crippen MR) is 65.9 cm³/mol. The Balaban J connectivity index is 2.14. The van der Waals surface area contributed by atoms with Crippen LogP contribution in [0.2, 0.25) is 0 Å². The molecule has 5 heteroatoms. The summed E-state index contributed by atoms with van der Waals surface area (Å²) in [5, 5.41) is 0. The Hall–Kier alpha value is -1.52. The third-order valence-corrected chi connectivity index (χ3v) is 3.55. The van der Waals surface area contributed by atoms with E-state index in [1.165, 1.54) is 4.90 Å². The van der Waals surface area contributed by atoms with Gasteiger partial charge < -0.3 is 4.90 Å². The first-order chi connectivity index (χ1) is 8.89. The van der Waals surface area contributed by atoms with E-state index in [1.807, 2.05) is 0 Å². The van der Waals surface area contributed by atoms with Crippen LogP contribution >= 0.6 is 0 Å². The van der Waals surface area contributed by atoms with Gasteiger partial charge in [0.15, 0.2) is 0 Å². The van der Waals surface area contributed by atoms with Crippen molar-refractivity contribution in [2.24, 2.45) is 5.92 Å². The number of halogens is 3. The molecule has 0 bridgehead atoms. The zero-order valence-corrected chi connectivity index (χ0v) is 10.7. The molecule has 0 saturated carbocycles. The number of rotatable bonds is 1. The number of hydrogen-bond acceptors (Lipinski definition) is 1. The van der Waals surface area contributed by atoms with Gasteiger partial charge in [0.2, 0.25) is 0 Å². The third-order valence-electron chi connectivity index (χ3n) is 3.55. The summed E-state index contributed by atoms with van der Waals surface area (Å²) in [6.45, 7) is 1.97. The van der Waals surface area contributed by atoms with Gasteiger partial charge in [0.05, 0.1) is 5.92 Å². The highest BCUT2D eigenvalue weighted by Gasteiger charge is 2.42. The van der Waals surface area contributed by atoms with Crippen molar-refractivity contribution in [1.82, 2.24) is 4.90 Å². The molecule has 1 atom stereocenters. The topological polar surface area (TPSA) is 20.3 Å². The van der Waals surface area contributed by atoms with Gasteiger partial charge in [-0.05, 0) is 31.4 Å². The quantitative estimate of drug-likeness (QED) is 0.766. The molecule has 0 N–H and O–H groups in total. The van der Waals surface area contributed by atoms with Crippen LogP contribution in [0.5, 0.6) is 0 Å². The Kier molecular flexibility index (Phi) is 3.83. The van der Waals surface area contributed by atoms with E-state index < -0.39 is 12.1 Å². The second kappa shape index (κ2) is 5.23. The van der Waals surface area contributed by atoms with Gasteiger partial charge in [-0.15, -0.1) is 0 Å². The molecule has 1 aliphatic rings. The van der Waals surface area contributed by atoms with Crippen LogP contribution in [0, 0.1) is 12.8 Å². The maximum atomic E-state index is 12.7. The van der Waals surface area contributed by atoms with Gasteiger partial charge in [-0.2, -0.15) is 13.2 Å². The zero-order valence-electron chi connectivity index (χ0n) is 10.7. The lowest BCUT2D eigenvalue weighted by atomic mass is 9.96. The van der Waals surface area contributed by atoms with Gasteiger partial charge in [-0.1, -0.05) is 18.2 Å². The average molecular weight is 271 g/mol. The molecular weight excluding hydrogens is 255 g/mol. The molecule has 1 aliphatic heterocycles. The second-order valence-electron chi connectivity index (χ2n) is 4.95. The summed E-state index contributed by atoms with van der Waals surface area (Å²) in [5.41, 5.74) is 1.28. The molecular formula is C14H16F3NO. The molecule has 1 aromatic carbocycles. The number of amides is 1. The van der Waals surface area contributed by atoms with E-state index in [0.717, 1.165) is 5.56 Å². The standard InChI is InChI=1S/C14H16F3NO/c1-10-5-2-3-7-12(10)13(19)18-8-4-6-11(9-18)14(15,16)17/h2-3,5,7,11H,4,6,8-9H2,1H3. The first-order valence-corrected chi connectivity index (χ1v) is 6.31. The smallest absolute Gasteiger partial charge is 0.338 e. The number of likely N-dealkylation sites (tertiary alicyclic amines) is 1. The van der Waals surface area contributed by atoms with Crippen LogP contribution in [-0.2, 0) is 0 Å². The molecule has 19 heavy (non-hydrogen) atoms. The van der Waals surface area contributed by atoms with Gasteiger partial charge in [-0.25, -0.2) is 0 Å². The highest BCUT2D eigenvalue weighted by molar-refractivity contribution is 5.95. The fourth-order valence-electron chi connectivity index (χ4n) is 2.41. The van der Waals surface area contributed by atoms with E-state index in [-0.39, 0.29) is 18.9 Å². The van der Waals surface area contributed by atoms with Crippen molar-refractivity contribution < 1.29 is 18.0 Å². The van der Waals surface area contributed by atoms with Gasteiger partial charge in [0, 0.05) is 18.7 Å². The SMILES string of the molecule is Cc1ccccc1C(=O)N1CCCC(C(F)(F)F)C1. The van der Waals surface area contributed by atoms with E-state index in [9.17, 15) is 18.0 Å². The molecule has 0 aliphatic carbocycles. The fraction of sp³-hybridized carbons (Fsp3) is 0.500. The van der Waals surface area contributed by atoms with Gasteiger partial charge in [0.25, 0.3) is 5.91 Å². The summed E-state index contributed by atoms with van der Waals surface area (Å²) in [7, 11) is 0. The molecule has 0 radical (unpaired) electrons. The fourth-order valence-corrected chi connectivity index (χ4v) is 2.41. The van der Waals surface area contributed by atoms with Crippen molar-refractivity contribution in [2.75, 3.05) is 13.1 Å². The second-order valence-corrected chi connectivity index (χ2v) is 4.95. The molecule has 1 amide bonds. The van der Waals surface area contributed by atoms with Crippen molar-refractivity contribution in [2.45, 2.75) is 25.9 Å². The summed E-state index contributed by atoms with van der Waals surface area (Å²) >= 11 is 0. The molecule has 1 saturated heterocycles. The van der Waals surface area contributed by atoms with Gasteiger partial charge in [-0.3, -0.25) is 4.79 Å². The minimum atomic E-state index is -4.22. The molecule has 1 fully saturated rings. The summed E-state index contributed by atoms with van der Waals surface area (Å²) in [4.78, 5) is 13.6. The van der Waals surface area contributed by atoms with Crippen molar-refractivity contribution >= 4 is 5.91 Å². The van der Waals surface area contributed by atoms with Crippen LogP contribution in [0.4, 0.5) is 13.2 Å². The minimum absolute atomic E-state index is 0.112. The molecule has 1 unspecified atom stereocenters. The summed E-state index contributed by atoms with van der Waals surface area (Å²) < 4.78 is 38.2. The molecule has 0 spiro atoms.